The summed E-state index contributed by atoms with van der Waals surface area (Å²) in [6, 6.07) is 10.1. The Morgan fingerprint density at radius 3 is 1.93 bits per heavy atom. The number of hydrogen-bond acceptors (Lipinski definition) is 3. The first-order valence-corrected chi connectivity index (χ1v) is 13.1. The second-order valence-electron chi connectivity index (χ2n) is 9.20. The molecule has 0 saturated heterocycles. The molecule has 6 heteroatoms. The fraction of sp³-hybridized carbons (Fsp3) is 0.625. The molecule has 0 N–H and O–H groups in total. The molecule has 0 radical (unpaired) electrons. The SMILES string of the molecule is CC(C)n1cc(S(=O)(=O)N(C2CCCCC2)C2CCCCC2)c(-c2ccccc2)n1. The number of benzene rings is 1. The monoisotopic (exact) mass is 429 g/mol. The van der Waals surface area contributed by atoms with Crippen LogP contribution >= 0.6 is 0 Å². The molecule has 0 spiro atoms. The molecule has 1 aromatic carbocycles. The van der Waals surface area contributed by atoms with Crippen molar-refractivity contribution >= 4 is 10.0 Å². The Hall–Kier alpha value is -1.66. The van der Waals surface area contributed by atoms with Crippen molar-refractivity contribution in [2.45, 2.75) is 101 Å². The molecule has 2 fully saturated rings. The van der Waals surface area contributed by atoms with Crippen LogP contribution in [-0.2, 0) is 10.0 Å². The van der Waals surface area contributed by atoms with Crippen molar-refractivity contribution in [2.24, 2.45) is 0 Å². The minimum Gasteiger partial charge on any atom is -0.268 e. The average molecular weight is 430 g/mol. The Morgan fingerprint density at radius 2 is 1.43 bits per heavy atom. The number of hydrogen-bond donors (Lipinski definition) is 0. The first-order chi connectivity index (χ1) is 14.5. The summed E-state index contributed by atoms with van der Waals surface area (Å²) in [6.07, 6.45) is 12.6. The third kappa shape index (κ3) is 4.35. The maximum atomic E-state index is 14.2. The highest BCUT2D eigenvalue weighted by Crippen LogP contribution is 2.37. The molecule has 0 aliphatic heterocycles. The molecule has 1 aromatic heterocycles. The number of nitrogens with zero attached hydrogens (tertiary/aromatic N) is 3. The Labute approximate surface area is 181 Å². The van der Waals surface area contributed by atoms with Gasteiger partial charge in [0.05, 0.1) is 0 Å². The molecule has 1 heterocycles. The Morgan fingerprint density at radius 1 is 0.900 bits per heavy atom. The van der Waals surface area contributed by atoms with Crippen LogP contribution in [0.25, 0.3) is 11.3 Å². The van der Waals surface area contributed by atoms with Crippen molar-refractivity contribution in [2.75, 3.05) is 0 Å². The van der Waals surface area contributed by atoms with Gasteiger partial charge in [-0.3, -0.25) is 4.68 Å². The van der Waals surface area contributed by atoms with E-state index in [1.807, 2.05) is 48.5 Å². The van der Waals surface area contributed by atoms with Crippen LogP contribution in [0.4, 0.5) is 0 Å². The van der Waals surface area contributed by atoms with Crippen LogP contribution in [0.1, 0.15) is 84.1 Å². The van der Waals surface area contributed by atoms with Gasteiger partial charge >= 0.3 is 0 Å². The summed E-state index contributed by atoms with van der Waals surface area (Å²) in [5, 5.41) is 4.73. The van der Waals surface area contributed by atoms with Gasteiger partial charge in [0.25, 0.3) is 0 Å². The molecular weight excluding hydrogens is 394 g/mol. The third-order valence-electron chi connectivity index (χ3n) is 6.70. The van der Waals surface area contributed by atoms with Crippen molar-refractivity contribution < 1.29 is 8.42 Å². The molecule has 164 valence electrons. The molecule has 2 aliphatic carbocycles. The zero-order valence-corrected chi connectivity index (χ0v) is 19.2. The molecule has 2 aliphatic rings. The first kappa shape index (κ1) is 21.6. The average Bonchev–Trinajstić information content (AvgIpc) is 3.23. The van der Waals surface area contributed by atoms with Gasteiger partial charge in [-0.05, 0) is 39.5 Å². The maximum Gasteiger partial charge on any atom is 0.247 e. The topological polar surface area (TPSA) is 55.2 Å². The quantitative estimate of drug-likeness (QED) is 0.584. The second-order valence-corrected chi connectivity index (χ2v) is 11.0. The summed E-state index contributed by atoms with van der Waals surface area (Å²) in [5.74, 6) is 0. The van der Waals surface area contributed by atoms with Gasteiger partial charge in [-0.25, -0.2) is 8.42 Å². The third-order valence-corrected chi connectivity index (χ3v) is 8.71. The molecule has 4 rings (SSSR count). The smallest absolute Gasteiger partial charge is 0.247 e. The summed E-state index contributed by atoms with van der Waals surface area (Å²) in [5.41, 5.74) is 1.45. The molecule has 0 bridgehead atoms. The lowest BCUT2D eigenvalue weighted by atomic mass is 9.91. The molecule has 30 heavy (non-hydrogen) atoms. The molecule has 2 saturated carbocycles. The molecule has 5 nitrogen and oxygen atoms in total. The standard InChI is InChI=1S/C24H35N3O2S/c1-19(2)26-18-23(24(25-26)20-12-6-3-7-13-20)30(28,29)27(21-14-8-4-9-15-21)22-16-10-5-11-17-22/h3,6-7,12-13,18-19,21-22H,4-5,8-11,14-17H2,1-2H3. The van der Waals surface area contributed by atoms with E-state index < -0.39 is 10.0 Å². The van der Waals surface area contributed by atoms with E-state index in [4.69, 9.17) is 5.10 Å². The molecule has 0 atom stereocenters. The zero-order chi connectivity index (χ0) is 21.1. The van der Waals surface area contributed by atoms with E-state index in [1.165, 1.54) is 12.8 Å². The van der Waals surface area contributed by atoms with Crippen molar-refractivity contribution in [3.05, 3.63) is 36.5 Å². The van der Waals surface area contributed by atoms with Gasteiger partial charge in [-0.2, -0.15) is 9.40 Å². The summed E-state index contributed by atoms with van der Waals surface area (Å²) >= 11 is 0. The van der Waals surface area contributed by atoms with Crippen LogP contribution in [0.3, 0.4) is 0 Å². The van der Waals surface area contributed by atoms with Gasteiger partial charge in [-0.15, -0.1) is 0 Å². The largest absolute Gasteiger partial charge is 0.268 e. The Kier molecular flexibility index (Phi) is 6.63. The highest BCUT2D eigenvalue weighted by atomic mass is 32.2. The van der Waals surface area contributed by atoms with Gasteiger partial charge in [0.15, 0.2) is 0 Å². The molecule has 0 unspecified atom stereocenters. The van der Waals surface area contributed by atoms with Gasteiger partial charge in [0.2, 0.25) is 10.0 Å². The predicted octanol–water partition coefficient (Wildman–Crippen LogP) is 5.79. The van der Waals surface area contributed by atoms with Gasteiger partial charge in [0.1, 0.15) is 10.6 Å². The number of rotatable bonds is 6. The summed E-state index contributed by atoms with van der Waals surface area (Å²) in [6.45, 7) is 4.08. The predicted molar refractivity (Wildman–Crippen MR) is 121 cm³/mol. The van der Waals surface area contributed by atoms with Crippen molar-refractivity contribution in [1.29, 1.82) is 0 Å². The summed E-state index contributed by atoms with van der Waals surface area (Å²) in [7, 11) is -3.64. The Bertz CT molecular complexity index is 907. The second kappa shape index (κ2) is 9.23. The molecule has 2 aromatic rings. The van der Waals surface area contributed by atoms with Crippen molar-refractivity contribution in [3.63, 3.8) is 0 Å². The van der Waals surface area contributed by atoms with E-state index in [9.17, 15) is 8.42 Å². The van der Waals surface area contributed by atoms with Crippen molar-refractivity contribution in [1.82, 2.24) is 14.1 Å². The van der Waals surface area contributed by atoms with E-state index in [0.717, 1.165) is 56.9 Å². The molecular formula is C24H35N3O2S. The van der Waals surface area contributed by atoms with Crippen LogP contribution in [-0.4, -0.2) is 34.6 Å². The maximum absolute atomic E-state index is 14.2. The lowest BCUT2D eigenvalue weighted by molar-refractivity contribution is 0.170. The number of sulfonamides is 1. The fourth-order valence-corrected chi connectivity index (χ4v) is 7.18. The van der Waals surface area contributed by atoms with Gasteiger partial charge < -0.3 is 0 Å². The Balaban J connectivity index is 1.81. The highest BCUT2D eigenvalue weighted by Gasteiger charge is 2.40. The zero-order valence-electron chi connectivity index (χ0n) is 18.3. The van der Waals surface area contributed by atoms with Crippen molar-refractivity contribution in [3.8, 4) is 11.3 Å². The minimum absolute atomic E-state index is 0.106. The normalized spacial score (nSPS) is 19.6. The number of aromatic nitrogens is 2. The van der Waals surface area contributed by atoms with Crippen LogP contribution in [0.5, 0.6) is 0 Å². The van der Waals surface area contributed by atoms with E-state index in [2.05, 4.69) is 0 Å². The lowest BCUT2D eigenvalue weighted by Gasteiger charge is -2.40. The van der Waals surface area contributed by atoms with Gasteiger partial charge in [-0.1, -0.05) is 68.9 Å². The van der Waals surface area contributed by atoms with Gasteiger partial charge in [0, 0.05) is 29.9 Å². The first-order valence-electron chi connectivity index (χ1n) is 11.7. The minimum atomic E-state index is -3.64. The summed E-state index contributed by atoms with van der Waals surface area (Å²) in [4.78, 5) is 0.374. The lowest BCUT2D eigenvalue weighted by Crippen LogP contribution is -2.48. The van der Waals surface area contributed by atoms with Crippen LogP contribution in [0, 0.1) is 0 Å². The highest BCUT2D eigenvalue weighted by molar-refractivity contribution is 7.89. The molecule has 0 amide bonds. The van der Waals surface area contributed by atoms with E-state index in [1.54, 1.807) is 10.9 Å². The van der Waals surface area contributed by atoms with E-state index >= 15 is 0 Å². The summed E-state index contributed by atoms with van der Waals surface area (Å²) < 4.78 is 32.2. The van der Waals surface area contributed by atoms with Crippen LogP contribution in [0.2, 0.25) is 0 Å². The fourth-order valence-electron chi connectivity index (χ4n) is 5.10. The van der Waals surface area contributed by atoms with Crippen LogP contribution < -0.4 is 0 Å². The van der Waals surface area contributed by atoms with E-state index in [0.29, 0.717) is 10.6 Å². The van der Waals surface area contributed by atoms with Crippen LogP contribution in [0.15, 0.2) is 41.4 Å². The van der Waals surface area contributed by atoms with E-state index in [-0.39, 0.29) is 18.1 Å².